The van der Waals surface area contributed by atoms with Gasteiger partial charge in [-0.25, -0.2) is 0 Å². The van der Waals surface area contributed by atoms with Crippen LogP contribution in [0.2, 0.25) is 10.0 Å². The molecule has 0 aliphatic heterocycles. The first kappa shape index (κ1) is 23.4. The number of hydrogen-bond acceptors (Lipinski definition) is 5. The number of carbonyl (C=O) groups excluding carboxylic acids is 1. The molecule has 9 heteroatoms. The van der Waals surface area contributed by atoms with E-state index < -0.39 is 0 Å². The standard InChI is InChI=1S/C22H24Cl2N4O2S/c1-4-14-7-6-8-15(5-2)21(14)25-20(29)13-31-22-27-26-19(28(22)3)12-30-18-11-16(23)9-10-17(18)24/h6-11H,4-5,12-13H2,1-3H3,(H,25,29). The van der Waals surface area contributed by atoms with Crippen LogP contribution in [0.1, 0.15) is 30.8 Å². The summed E-state index contributed by atoms with van der Waals surface area (Å²) in [6, 6.07) is 11.1. The van der Waals surface area contributed by atoms with Gasteiger partial charge in [0.1, 0.15) is 12.4 Å². The first-order valence-electron chi connectivity index (χ1n) is 9.92. The summed E-state index contributed by atoms with van der Waals surface area (Å²) in [4.78, 5) is 12.6. The number of nitrogens with zero attached hydrogens (tertiary/aromatic N) is 3. The Morgan fingerprint density at radius 2 is 1.84 bits per heavy atom. The molecule has 31 heavy (non-hydrogen) atoms. The predicted octanol–water partition coefficient (Wildman–Crippen LogP) is 5.56. The van der Waals surface area contributed by atoms with E-state index in [-0.39, 0.29) is 18.3 Å². The topological polar surface area (TPSA) is 69.0 Å². The number of para-hydroxylation sites is 1. The summed E-state index contributed by atoms with van der Waals surface area (Å²) >= 11 is 13.4. The van der Waals surface area contributed by atoms with Crippen molar-refractivity contribution < 1.29 is 9.53 Å². The summed E-state index contributed by atoms with van der Waals surface area (Å²) in [5.74, 6) is 1.25. The zero-order valence-corrected chi connectivity index (χ0v) is 19.9. The lowest BCUT2D eigenvalue weighted by atomic mass is 10.0. The van der Waals surface area contributed by atoms with E-state index in [0.717, 1.165) is 29.7 Å². The molecule has 6 nitrogen and oxygen atoms in total. The van der Waals surface area contributed by atoms with Crippen molar-refractivity contribution in [3.8, 4) is 5.75 Å². The van der Waals surface area contributed by atoms with Crippen LogP contribution in [-0.2, 0) is 31.3 Å². The van der Waals surface area contributed by atoms with E-state index in [2.05, 4.69) is 29.4 Å². The van der Waals surface area contributed by atoms with Gasteiger partial charge < -0.3 is 14.6 Å². The van der Waals surface area contributed by atoms with Crippen molar-refractivity contribution >= 4 is 46.6 Å². The van der Waals surface area contributed by atoms with Crippen molar-refractivity contribution in [3.05, 3.63) is 63.4 Å². The second kappa shape index (κ2) is 10.9. The molecule has 0 bridgehead atoms. The molecule has 2 aromatic carbocycles. The van der Waals surface area contributed by atoms with Crippen LogP contribution in [0, 0.1) is 0 Å². The number of aromatic nitrogens is 3. The van der Waals surface area contributed by atoms with E-state index in [1.807, 2.05) is 25.2 Å². The van der Waals surface area contributed by atoms with Gasteiger partial charge >= 0.3 is 0 Å². The number of rotatable bonds is 9. The molecule has 0 saturated heterocycles. The van der Waals surface area contributed by atoms with Gasteiger partial charge in [-0.2, -0.15) is 0 Å². The first-order valence-corrected chi connectivity index (χ1v) is 11.7. The smallest absolute Gasteiger partial charge is 0.234 e. The average Bonchev–Trinajstić information content (AvgIpc) is 3.12. The lowest BCUT2D eigenvalue weighted by molar-refractivity contribution is -0.113. The van der Waals surface area contributed by atoms with Crippen LogP contribution in [0.3, 0.4) is 0 Å². The number of anilines is 1. The zero-order valence-electron chi connectivity index (χ0n) is 17.6. The van der Waals surface area contributed by atoms with Gasteiger partial charge in [-0.1, -0.05) is 67.0 Å². The molecule has 0 aliphatic rings. The number of aryl methyl sites for hydroxylation is 2. The molecule has 0 saturated carbocycles. The first-order chi connectivity index (χ1) is 14.9. The zero-order chi connectivity index (χ0) is 22.4. The highest BCUT2D eigenvalue weighted by Crippen LogP contribution is 2.28. The summed E-state index contributed by atoms with van der Waals surface area (Å²) in [5, 5.41) is 13.0. The SMILES string of the molecule is CCc1cccc(CC)c1NC(=O)CSc1nnc(COc2cc(Cl)ccc2Cl)n1C. The van der Waals surface area contributed by atoms with Crippen LogP contribution in [0.5, 0.6) is 5.75 Å². The van der Waals surface area contributed by atoms with Crippen molar-refractivity contribution in [1.82, 2.24) is 14.8 Å². The van der Waals surface area contributed by atoms with Crippen LogP contribution in [0.4, 0.5) is 5.69 Å². The van der Waals surface area contributed by atoms with E-state index in [1.165, 1.54) is 11.8 Å². The van der Waals surface area contributed by atoms with Crippen molar-refractivity contribution in [3.63, 3.8) is 0 Å². The third-order valence-corrected chi connectivity index (χ3v) is 6.34. The quantitative estimate of drug-likeness (QED) is 0.407. The number of carbonyl (C=O) groups is 1. The largest absolute Gasteiger partial charge is 0.484 e. The number of nitrogens with one attached hydrogen (secondary N) is 1. The van der Waals surface area contributed by atoms with Gasteiger partial charge in [0, 0.05) is 23.8 Å². The highest BCUT2D eigenvalue weighted by atomic mass is 35.5. The molecular weight excluding hydrogens is 455 g/mol. The molecule has 3 rings (SSSR count). The second-order valence-corrected chi connectivity index (χ2v) is 8.60. The number of benzene rings is 2. The van der Waals surface area contributed by atoms with Gasteiger partial charge in [0.05, 0.1) is 10.8 Å². The van der Waals surface area contributed by atoms with E-state index in [1.54, 1.807) is 22.8 Å². The number of halogens is 2. The normalized spacial score (nSPS) is 10.9. The molecule has 1 heterocycles. The fourth-order valence-corrected chi connectivity index (χ4v) is 4.10. The number of thioether (sulfide) groups is 1. The minimum atomic E-state index is -0.0768. The molecule has 164 valence electrons. The summed E-state index contributed by atoms with van der Waals surface area (Å²) in [5.41, 5.74) is 3.19. The fraction of sp³-hybridized carbons (Fsp3) is 0.318. The van der Waals surface area contributed by atoms with Gasteiger partial charge in [0.15, 0.2) is 11.0 Å². The van der Waals surface area contributed by atoms with Gasteiger partial charge in [-0.3, -0.25) is 4.79 Å². The monoisotopic (exact) mass is 478 g/mol. The van der Waals surface area contributed by atoms with Crippen LogP contribution in [0.15, 0.2) is 41.6 Å². The Morgan fingerprint density at radius 1 is 1.13 bits per heavy atom. The number of amides is 1. The Morgan fingerprint density at radius 3 is 2.52 bits per heavy atom. The lowest BCUT2D eigenvalue weighted by Gasteiger charge is -2.14. The minimum Gasteiger partial charge on any atom is -0.484 e. The molecule has 0 fully saturated rings. The molecule has 3 aromatic rings. The number of hydrogen-bond donors (Lipinski definition) is 1. The van der Waals surface area contributed by atoms with E-state index in [4.69, 9.17) is 27.9 Å². The van der Waals surface area contributed by atoms with Crippen molar-refractivity contribution in [2.24, 2.45) is 7.05 Å². The summed E-state index contributed by atoms with van der Waals surface area (Å²) < 4.78 is 7.52. The Hall–Kier alpha value is -2.22. The molecule has 1 N–H and O–H groups in total. The van der Waals surface area contributed by atoms with Gasteiger partial charge in [-0.15, -0.1) is 10.2 Å². The highest BCUT2D eigenvalue weighted by molar-refractivity contribution is 7.99. The van der Waals surface area contributed by atoms with Crippen LogP contribution in [0.25, 0.3) is 0 Å². The molecule has 0 unspecified atom stereocenters. The number of ether oxygens (including phenoxy) is 1. The molecule has 1 aromatic heterocycles. The van der Waals surface area contributed by atoms with Gasteiger partial charge in [0.25, 0.3) is 0 Å². The highest BCUT2D eigenvalue weighted by Gasteiger charge is 2.15. The molecule has 0 spiro atoms. The van der Waals surface area contributed by atoms with Crippen LogP contribution < -0.4 is 10.1 Å². The van der Waals surface area contributed by atoms with Crippen molar-refractivity contribution in [2.75, 3.05) is 11.1 Å². The van der Waals surface area contributed by atoms with Crippen LogP contribution in [-0.4, -0.2) is 26.4 Å². The lowest BCUT2D eigenvalue weighted by Crippen LogP contribution is -2.17. The Kier molecular flexibility index (Phi) is 8.23. The van der Waals surface area contributed by atoms with Crippen molar-refractivity contribution in [1.29, 1.82) is 0 Å². The molecule has 0 aliphatic carbocycles. The third-order valence-electron chi connectivity index (χ3n) is 4.77. The van der Waals surface area contributed by atoms with Crippen LogP contribution >= 0.6 is 35.0 Å². The van der Waals surface area contributed by atoms with Gasteiger partial charge in [-0.05, 0) is 36.1 Å². The molecular formula is C22H24Cl2N4O2S. The Bertz CT molecular complexity index is 1050. The third kappa shape index (κ3) is 5.93. The van der Waals surface area contributed by atoms with Gasteiger partial charge in [0.2, 0.25) is 5.91 Å². The average molecular weight is 479 g/mol. The predicted molar refractivity (Wildman–Crippen MR) is 126 cm³/mol. The summed E-state index contributed by atoms with van der Waals surface area (Å²) in [7, 11) is 1.83. The van der Waals surface area contributed by atoms with Crippen molar-refractivity contribution in [2.45, 2.75) is 38.5 Å². The molecule has 0 atom stereocenters. The summed E-state index contributed by atoms with van der Waals surface area (Å²) in [6.45, 7) is 4.35. The fourth-order valence-electron chi connectivity index (χ4n) is 3.04. The van der Waals surface area contributed by atoms with E-state index in [9.17, 15) is 4.79 Å². The Labute approximate surface area is 196 Å². The molecule has 1 amide bonds. The molecule has 0 radical (unpaired) electrons. The van der Waals surface area contributed by atoms with E-state index >= 15 is 0 Å². The Balaban J connectivity index is 1.60. The van der Waals surface area contributed by atoms with E-state index in [0.29, 0.717) is 26.8 Å². The summed E-state index contributed by atoms with van der Waals surface area (Å²) in [6.07, 6.45) is 1.72. The second-order valence-electron chi connectivity index (χ2n) is 6.82. The maximum atomic E-state index is 12.6. The minimum absolute atomic E-state index is 0.0768. The maximum absolute atomic E-state index is 12.6. The maximum Gasteiger partial charge on any atom is 0.234 e.